The first-order valence-electron chi connectivity index (χ1n) is 10.6. The lowest BCUT2D eigenvalue weighted by molar-refractivity contribution is -0.0467. The lowest BCUT2D eigenvalue weighted by atomic mass is 9.92. The number of piperazine rings is 2. The fourth-order valence-corrected chi connectivity index (χ4v) is 4.67. The van der Waals surface area contributed by atoms with Crippen molar-refractivity contribution in [3.05, 3.63) is 71.8 Å². The van der Waals surface area contributed by atoms with Crippen LogP contribution in [0.5, 0.6) is 0 Å². The molecule has 4 rings (SSSR count). The van der Waals surface area contributed by atoms with Gasteiger partial charge in [0.1, 0.15) is 0 Å². The largest absolute Gasteiger partial charge is 0.336 e. The van der Waals surface area contributed by atoms with Gasteiger partial charge in [-0.2, -0.15) is 0 Å². The third-order valence-corrected chi connectivity index (χ3v) is 6.15. The van der Waals surface area contributed by atoms with E-state index in [4.69, 9.17) is 0 Å². The zero-order chi connectivity index (χ0) is 21.1. The highest BCUT2D eigenvalue weighted by molar-refractivity contribution is 5.94. The number of carbonyl (C=O) groups excluding carboxylic acids is 2. The van der Waals surface area contributed by atoms with Crippen LogP contribution in [-0.2, 0) is 6.54 Å². The predicted molar refractivity (Wildman–Crippen MR) is 117 cm³/mol. The molecule has 2 aliphatic rings. The number of hydrogen-bond donors (Lipinski definition) is 1. The van der Waals surface area contributed by atoms with Gasteiger partial charge in [0.05, 0.1) is 0 Å². The quantitative estimate of drug-likeness (QED) is 0.853. The van der Waals surface area contributed by atoms with E-state index in [-0.39, 0.29) is 23.5 Å². The number of carbonyl (C=O) groups is 2. The number of nitrogens with zero attached hydrogens (tertiary/aromatic N) is 3. The Bertz CT molecular complexity index is 885. The van der Waals surface area contributed by atoms with Crippen LogP contribution >= 0.6 is 0 Å². The maximum absolute atomic E-state index is 12.9. The number of hydrogen-bond acceptors (Lipinski definition) is 3. The molecule has 0 aromatic heterocycles. The molecule has 2 heterocycles. The molecule has 158 valence electrons. The minimum atomic E-state index is -0.130. The van der Waals surface area contributed by atoms with Crippen molar-refractivity contribution in [2.75, 3.05) is 32.7 Å². The van der Waals surface area contributed by atoms with Gasteiger partial charge in [0, 0.05) is 56.4 Å². The van der Waals surface area contributed by atoms with E-state index in [1.807, 2.05) is 70.5 Å². The van der Waals surface area contributed by atoms with Crippen LogP contribution in [0.2, 0.25) is 0 Å². The second-order valence-electron chi connectivity index (χ2n) is 8.80. The van der Waals surface area contributed by atoms with Crippen molar-refractivity contribution in [3.8, 4) is 0 Å². The van der Waals surface area contributed by atoms with Crippen molar-refractivity contribution in [3.63, 3.8) is 0 Å². The van der Waals surface area contributed by atoms with E-state index in [9.17, 15) is 9.59 Å². The Balaban J connectivity index is 1.42. The Morgan fingerprint density at radius 3 is 2.27 bits per heavy atom. The van der Waals surface area contributed by atoms with Gasteiger partial charge in [-0.05, 0) is 31.5 Å². The number of amides is 3. The summed E-state index contributed by atoms with van der Waals surface area (Å²) in [6.45, 7) is 8.38. The van der Waals surface area contributed by atoms with Crippen LogP contribution in [0.15, 0.2) is 60.7 Å². The van der Waals surface area contributed by atoms with Crippen molar-refractivity contribution in [1.82, 2.24) is 20.0 Å². The van der Waals surface area contributed by atoms with E-state index in [1.54, 1.807) is 0 Å². The summed E-state index contributed by atoms with van der Waals surface area (Å²) in [6.07, 6.45) is 0. The summed E-state index contributed by atoms with van der Waals surface area (Å²) in [5.41, 5.74) is 1.68. The Kier molecular flexibility index (Phi) is 5.77. The molecule has 2 fully saturated rings. The third-order valence-electron chi connectivity index (χ3n) is 6.15. The van der Waals surface area contributed by atoms with Crippen LogP contribution in [0.1, 0.15) is 29.8 Å². The van der Waals surface area contributed by atoms with Gasteiger partial charge in [0.15, 0.2) is 0 Å². The highest BCUT2D eigenvalue weighted by Crippen LogP contribution is 2.28. The third kappa shape index (κ3) is 4.33. The van der Waals surface area contributed by atoms with Crippen LogP contribution in [-0.4, -0.2) is 70.9 Å². The van der Waals surface area contributed by atoms with Gasteiger partial charge in [-0.3, -0.25) is 9.69 Å². The van der Waals surface area contributed by atoms with Gasteiger partial charge >= 0.3 is 6.03 Å². The maximum atomic E-state index is 12.9. The summed E-state index contributed by atoms with van der Waals surface area (Å²) in [5, 5.41) is 3.05. The summed E-state index contributed by atoms with van der Waals surface area (Å²) >= 11 is 0. The summed E-state index contributed by atoms with van der Waals surface area (Å²) in [7, 11) is 0. The lowest BCUT2D eigenvalue weighted by Gasteiger charge is -2.55. The number of urea groups is 1. The SMILES string of the molecule is CC1(C)CN(C(=O)NCc2ccccc2)C[C@@H]2CN(C(=O)c3ccccc3)CCN21. The molecule has 30 heavy (non-hydrogen) atoms. The Labute approximate surface area is 178 Å². The maximum Gasteiger partial charge on any atom is 0.317 e. The smallest absolute Gasteiger partial charge is 0.317 e. The first kappa shape index (κ1) is 20.4. The highest BCUT2D eigenvalue weighted by atomic mass is 16.2. The first-order chi connectivity index (χ1) is 14.4. The second kappa shape index (κ2) is 8.48. The van der Waals surface area contributed by atoms with Crippen LogP contribution in [0.25, 0.3) is 0 Å². The summed E-state index contributed by atoms with van der Waals surface area (Å²) in [4.78, 5) is 32.1. The molecule has 2 saturated heterocycles. The summed E-state index contributed by atoms with van der Waals surface area (Å²) in [6, 6.07) is 19.5. The van der Waals surface area contributed by atoms with Crippen molar-refractivity contribution in [2.45, 2.75) is 32.0 Å². The highest BCUT2D eigenvalue weighted by Gasteiger charge is 2.44. The minimum Gasteiger partial charge on any atom is -0.336 e. The molecule has 2 aliphatic heterocycles. The van der Waals surface area contributed by atoms with E-state index in [0.717, 1.165) is 17.7 Å². The van der Waals surface area contributed by atoms with Gasteiger partial charge in [0.2, 0.25) is 0 Å². The van der Waals surface area contributed by atoms with Crippen molar-refractivity contribution in [2.24, 2.45) is 0 Å². The van der Waals surface area contributed by atoms with Gasteiger partial charge < -0.3 is 15.1 Å². The minimum absolute atomic E-state index is 0.0434. The molecule has 0 radical (unpaired) electrons. The van der Waals surface area contributed by atoms with E-state index in [2.05, 4.69) is 24.1 Å². The molecule has 0 bridgehead atoms. The molecule has 6 heteroatoms. The number of benzene rings is 2. The standard InChI is InChI=1S/C24H30N4O2/c1-24(2)18-27(23(30)25-15-19-9-5-3-6-10-19)17-21-16-26(13-14-28(21)24)22(29)20-11-7-4-8-12-20/h3-12,21H,13-18H2,1-2H3,(H,25,30)/t21-/m0/s1. The molecule has 1 N–H and O–H groups in total. The molecule has 6 nitrogen and oxygen atoms in total. The van der Waals surface area contributed by atoms with E-state index < -0.39 is 0 Å². The van der Waals surface area contributed by atoms with E-state index in [0.29, 0.717) is 32.7 Å². The van der Waals surface area contributed by atoms with Gasteiger partial charge in [-0.15, -0.1) is 0 Å². The predicted octanol–water partition coefficient (Wildman–Crippen LogP) is 2.82. The second-order valence-corrected chi connectivity index (χ2v) is 8.80. The van der Waals surface area contributed by atoms with E-state index in [1.165, 1.54) is 0 Å². The Morgan fingerprint density at radius 2 is 1.57 bits per heavy atom. The lowest BCUT2D eigenvalue weighted by Crippen LogP contribution is -2.71. The van der Waals surface area contributed by atoms with E-state index >= 15 is 0 Å². The molecule has 3 amide bonds. The molecule has 0 saturated carbocycles. The van der Waals surface area contributed by atoms with Crippen molar-refractivity contribution < 1.29 is 9.59 Å². The molecule has 1 atom stereocenters. The first-order valence-corrected chi connectivity index (χ1v) is 10.6. The summed E-state index contributed by atoms with van der Waals surface area (Å²) < 4.78 is 0. The van der Waals surface area contributed by atoms with Crippen LogP contribution in [0.4, 0.5) is 4.79 Å². The number of fused-ring (bicyclic) bond motifs is 1. The zero-order valence-corrected chi connectivity index (χ0v) is 17.8. The van der Waals surface area contributed by atoms with Gasteiger partial charge in [-0.1, -0.05) is 48.5 Å². The topological polar surface area (TPSA) is 55.9 Å². The molecule has 2 aromatic carbocycles. The van der Waals surface area contributed by atoms with Crippen LogP contribution < -0.4 is 5.32 Å². The number of rotatable bonds is 3. The Morgan fingerprint density at radius 1 is 0.933 bits per heavy atom. The number of nitrogens with one attached hydrogen (secondary N) is 1. The fourth-order valence-electron chi connectivity index (χ4n) is 4.67. The molecule has 0 unspecified atom stereocenters. The molecule has 0 aliphatic carbocycles. The van der Waals surface area contributed by atoms with Crippen molar-refractivity contribution in [1.29, 1.82) is 0 Å². The monoisotopic (exact) mass is 406 g/mol. The summed E-state index contributed by atoms with van der Waals surface area (Å²) in [5.74, 6) is 0.0682. The molecular weight excluding hydrogens is 376 g/mol. The van der Waals surface area contributed by atoms with Gasteiger partial charge in [-0.25, -0.2) is 4.79 Å². The molecule has 2 aromatic rings. The molecule has 0 spiro atoms. The molecular formula is C24H30N4O2. The Hall–Kier alpha value is -2.86. The van der Waals surface area contributed by atoms with Crippen molar-refractivity contribution >= 4 is 11.9 Å². The fraction of sp³-hybridized carbons (Fsp3) is 0.417. The average Bonchev–Trinajstić information content (AvgIpc) is 2.77. The normalized spacial score (nSPS) is 21.1. The zero-order valence-electron chi connectivity index (χ0n) is 17.8. The van der Waals surface area contributed by atoms with Crippen LogP contribution in [0.3, 0.4) is 0 Å². The van der Waals surface area contributed by atoms with Gasteiger partial charge in [0.25, 0.3) is 5.91 Å². The van der Waals surface area contributed by atoms with Crippen LogP contribution in [0, 0.1) is 0 Å². The average molecular weight is 407 g/mol.